The number of hydrogen-bond donors (Lipinski definition) is 2. The lowest BCUT2D eigenvalue weighted by atomic mass is 9.87. The summed E-state index contributed by atoms with van der Waals surface area (Å²) in [6.45, 7) is 8.22. The van der Waals surface area contributed by atoms with Crippen molar-refractivity contribution >= 4 is 28.6 Å². The maximum Gasteiger partial charge on any atom is 0.573 e. The molecule has 9 heteroatoms. The number of carbonyl (C=O) groups is 1. The number of imidazole rings is 1. The highest BCUT2D eigenvalue weighted by molar-refractivity contribution is 5.95. The minimum atomic E-state index is -4.75. The van der Waals surface area contributed by atoms with Crippen molar-refractivity contribution < 1.29 is 27.8 Å². The maximum atomic E-state index is 12.4. The van der Waals surface area contributed by atoms with E-state index in [1.165, 1.54) is 30.7 Å². The first-order chi connectivity index (χ1) is 16.5. The number of fused-ring (bicyclic) bond motifs is 1. The summed E-state index contributed by atoms with van der Waals surface area (Å²) >= 11 is 0. The Morgan fingerprint density at radius 2 is 1.86 bits per heavy atom. The average Bonchev–Trinajstić information content (AvgIpc) is 3.10. The van der Waals surface area contributed by atoms with Gasteiger partial charge in [0.1, 0.15) is 5.75 Å². The number of aromatic nitrogens is 2. The summed E-state index contributed by atoms with van der Waals surface area (Å²) in [5.74, 6) is -0.234. The van der Waals surface area contributed by atoms with Gasteiger partial charge in [-0.05, 0) is 67.6 Å². The van der Waals surface area contributed by atoms with Crippen LogP contribution in [0.5, 0.6) is 5.75 Å². The third kappa shape index (κ3) is 6.68. The van der Waals surface area contributed by atoms with Gasteiger partial charge < -0.3 is 19.7 Å². The molecule has 0 saturated heterocycles. The van der Waals surface area contributed by atoms with Crippen molar-refractivity contribution in [1.82, 2.24) is 9.55 Å². The monoisotopic (exact) mass is 491 g/mol. The van der Waals surface area contributed by atoms with Crippen LogP contribution in [-0.4, -0.2) is 27.0 Å². The number of nitrogens with one attached hydrogen (secondary N) is 1. The number of ether oxygens (including phenoxy) is 1. The fraction of sp³-hybridized carbons (Fsp3) is 0.462. The molecule has 0 amide bonds. The van der Waals surface area contributed by atoms with Gasteiger partial charge in [-0.25, -0.2) is 9.78 Å². The van der Waals surface area contributed by atoms with Crippen LogP contribution in [0.25, 0.3) is 11.0 Å². The van der Waals surface area contributed by atoms with Crippen molar-refractivity contribution in [2.45, 2.75) is 72.2 Å². The SMILES string of the molecule is CCC.Cc1cc2c(cc1C(=O)O)nc(Nc1ccc(OC(F)(F)F)cc1)n2[C@H]1CCC[C@@H](C)C1. The lowest BCUT2D eigenvalue weighted by molar-refractivity contribution is -0.274. The molecular weight excluding hydrogens is 459 g/mol. The number of aromatic carboxylic acids is 1. The quantitative estimate of drug-likeness (QED) is 0.380. The molecule has 3 aromatic rings. The second-order valence-electron chi connectivity index (χ2n) is 9.10. The Labute approximate surface area is 203 Å². The standard InChI is InChI=1S/C23H24F3N3O3.C3H8/c1-13-4-3-5-16(10-13)29-20-11-14(2)18(21(30)31)12-19(20)28-22(29)27-15-6-8-17(9-7-15)32-23(24,25)26;1-3-2/h6-9,11-13,16H,3-5,10H2,1-2H3,(H,27,28)(H,30,31);3H2,1-2H3/t13-,16+;/m1./s1. The predicted octanol–water partition coefficient (Wildman–Crippen LogP) is 7.85. The Hall–Kier alpha value is -3.23. The van der Waals surface area contributed by atoms with Crippen molar-refractivity contribution in [3.8, 4) is 5.75 Å². The van der Waals surface area contributed by atoms with Crippen LogP contribution >= 0.6 is 0 Å². The highest BCUT2D eigenvalue weighted by Crippen LogP contribution is 2.38. The van der Waals surface area contributed by atoms with Crippen LogP contribution in [0.2, 0.25) is 0 Å². The number of hydrogen-bond acceptors (Lipinski definition) is 4. The van der Waals surface area contributed by atoms with E-state index in [2.05, 4.69) is 40.4 Å². The van der Waals surface area contributed by atoms with Crippen molar-refractivity contribution in [2.75, 3.05) is 5.32 Å². The summed E-state index contributed by atoms with van der Waals surface area (Å²) in [5, 5.41) is 12.7. The summed E-state index contributed by atoms with van der Waals surface area (Å²) < 4.78 is 43.3. The van der Waals surface area contributed by atoms with E-state index in [0.29, 0.717) is 28.6 Å². The zero-order chi connectivity index (χ0) is 25.8. The fourth-order valence-electron chi connectivity index (χ4n) is 4.44. The Bertz CT molecular complexity index is 1160. The van der Waals surface area contributed by atoms with Gasteiger partial charge >= 0.3 is 12.3 Å². The molecule has 4 rings (SSSR count). The third-order valence-electron chi connectivity index (χ3n) is 5.88. The zero-order valence-electron chi connectivity index (χ0n) is 20.4. The number of rotatable bonds is 5. The molecule has 1 fully saturated rings. The number of nitrogens with zero attached hydrogens (tertiary/aromatic N) is 2. The molecular formula is C26H32F3N3O3. The third-order valence-corrected chi connectivity index (χ3v) is 5.88. The number of anilines is 2. The molecule has 1 aliphatic rings. The molecule has 0 spiro atoms. The highest BCUT2D eigenvalue weighted by atomic mass is 19.4. The van der Waals surface area contributed by atoms with E-state index in [1.54, 1.807) is 13.0 Å². The molecule has 190 valence electrons. The number of carboxylic acid groups (broad SMARTS) is 1. The zero-order valence-corrected chi connectivity index (χ0v) is 20.4. The van der Waals surface area contributed by atoms with Crippen LogP contribution in [0.4, 0.5) is 24.8 Å². The normalized spacial score (nSPS) is 18.0. The van der Waals surface area contributed by atoms with Crippen molar-refractivity contribution in [1.29, 1.82) is 0 Å². The van der Waals surface area contributed by atoms with Gasteiger partial charge in [-0.3, -0.25) is 0 Å². The Morgan fingerprint density at radius 3 is 2.43 bits per heavy atom. The number of alkyl halides is 3. The van der Waals surface area contributed by atoms with Crippen LogP contribution in [0.3, 0.4) is 0 Å². The Morgan fingerprint density at radius 1 is 1.20 bits per heavy atom. The lowest BCUT2D eigenvalue weighted by Crippen LogP contribution is -2.19. The average molecular weight is 492 g/mol. The van der Waals surface area contributed by atoms with Gasteiger partial charge in [0.25, 0.3) is 0 Å². The molecule has 1 aliphatic carbocycles. The summed E-state index contributed by atoms with van der Waals surface area (Å²) in [6, 6.07) is 9.05. The van der Waals surface area contributed by atoms with Crippen molar-refractivity contribution in [3.63, 3.8) is 0 Å². The summed E-state index contributed by atoms with van der Waals surface area (Å²) in [4.78, 5) is 16.2. The van der Waals surface area contributed by atoms with Gasteiger partial charge in [-0.1, -0.05) is 40.0 Å². The smallest absolute Gasteiger partial charge is 0.478 e. The molecule has 2 atom stereocenters. The fourth-order valence-corrected chi connectivity index (χ4v) is 4.44. The van der Waals surface area contributed by atoms with Crippen LogP contribution < -0.4 is 10.1 Å². The first kappa shape index (κ1) is 26.4. The topological polar surface area (TPSA) is 76.4 Å². The second-order valence-corrected chi connectivity index (χ2v) is 9.10. The van der Waals surface area contributed by atoms with E-state index in [-0.39, 0.29) is 17.4 Å². The Kier molecular flexibility index (Phi) is 8.30. The van der Waals surface area contributed by atoms with E-state index in [4.69, 9.17) is 0 Å². The molecule has 0 aliphatic heterocycles. The summed E-state index contributed by atoms with van der Waals surface area (Å²) in [6.07, 6.45) is 0.691. The summed E-state index contributed by atoms with van der Waals surface area (Å²) in [5.41, 5.74) is 2.79. The number of carboxylic acids is 1. The van der Waals surface area contributed by atoms with Crippen LogP contribution in [-0.2, 0) is 0 Å². The van der Waals surface area contributed by atoms with Crippen LogP contribution in [0.15, 0.2) is 36.4 Å². The van der Waals surface area contributed by atoms with E-state index in [0.717, 1.165) is 31.2 Å². The molecule has 1 heterocycles. The number of aryl methyl sites for hydroxylation is 1. The van der Waals surface area contributed by atoms with Gasteiger partial charge in [0.15, 0.2) is 0 Å². The molecule has 0 bridgehead atoms. The van der Waals surface area contributed by atoms with Gasteiger partial charge in [0.2, 0.25) is 5.95 Å². The van der Waals surface area contributed by atoms with E-state index in [9.17, 15) is 23.1 Å². The largest absolute Gasteiger partial charge is 0.573 e. The molecule has 0 radical (unpaired) electrons. The molecule has 2 aromatic carbocycles. The number of halogens is 3. The predicted molar refractivity (Wildman–Crippen MR) is 130 cm³/mol. The molecule has 2 N–H and O–H groups in total. The minimum absolute atomic E-state index is 0.189. The maximum absolute atomic E-state index is 12.4. The highest BCUT2D eigenvalue weighted by Gasteiger charge is 2.31. The molecule has 0 unspecified atom stereocenters. The van der Waals surface area contributed by atoms with Crippen molar-refractivity contribution in [3.05, 3.63) is 47.5 Å². The first-order valence-electron chi connectivity index (χ1n) is 11.9. The van der Waals surface area contributed by atoms with Gasteiger partial charge in [0, 0.05) is 11.7 Å². The van der Waals surface area contributed by atoms with E-state index in [1.807, 2.05) is 6.07 Å². The Balaban J connectivity index is 0.00000108. The van der Waals surface area contributed by atoms with Crippen LogP contribution in [0, 0.1) is 12.8 Å². The van der Waals surface area contributed by atoms with Gasteiger partial charge in [0.05, 0.1) is 16.6 Å². The molecule has 1 aromatic heterocycles. The van der Waals surface area contributed by atoms with Gasteiger partial charge in [-0.15, -0.1) is 13.2 Å². The van der Waals surface area contributed by atoms with Gasteiger partial charge in [-0.2, -0.15) is 0 Å². The molecule has 6 nitrogen and oxygen atoms in total. The lowest BCUT2D eigenvalue weighted by Gasteiger charge is -2.29. The minimum Gasteiger partial charge on any atom is -0.478 e. The molecule has 35 heavy (non-hydrogen) atoms. The second kappa shape index (κ2) is 11.0. The number of benzene rings is 2. The van der Waals surface area contributed by atoms with Crippen molar-refractivity contribution in [2.24, 2.45) is 5.92 Å². The molecule has 1 saturated carbocycles. The van der Waals surface area contributed by atoms with E-state index < -0.39 is 12.3 Å². The summed E-state index contributed by atoms with van der Waals surface area (Å²) in [7, 11) is 0. The van der Waals surface area contributed by atoms with E-state index >= 15 is 0 Å². The van der Waals surface area contributed by atoms with Crippen LogP contribution in [0.1, 0.15) is 74.8 Å². The first-order valence-corrected chi connectivity index (χ1v) is 11.9.